The molecule has 1 aliphatic rings. The molecule has 0 atom stereocenters. The Balaban J connectivity index is 1.83. The number of hydrogen-bond acceptors (Lipinski definition) is 5. The minimum atomic E-state index is 0.445. The number of nitrogens with one attached hydrogen (secondary N) is 1. The first kappa shape index (κ1) is 18.5. The van der Waals surface area contributed by atoms with E-state index in [1.165, 1.54) is 38.5 Å². The van der Waals surface area contributed by atoms with Crippen LogP contribution in [-0.2, 0) is 7.05 Å². The Morgan fingerprint density at radius 3 is 2.50 bits per heavy atom. The van der Waals surface area contributed by atoms with Gasteiger partial charge < -0.3 is 0 Å². The van der Waals surface area contributed by atoms with Crippen molar-refractivity contribution < 1.29 is 0 Å². The summed E-state index contributed by atoms with van der Waals surface area (Å²) in [5.74, 6) is 0.695. The van der Waals surface area contributed by atoms with Gasteiger partial charge in [0, 0.05) is 31.9 Å². The van der Waals surface area contributed by atoms with Gasteiger partial charge in [-0.05, 0) is 12.8 Å². The Morgan fingerprint density at radius 2 is 1.88 bits per heavy atom. The molecule has 0 spiro atoms. The first-order chi connectivity index (χ1) is 12.7. The maximum absolute atomic E-state index is 4.98. The summed E-state index contributed by atoms with van der Waals surface area (Å²) in [4.78, 5) is 10.2. The van der Waals surface area contributed by atoms with E-state index in [4.69, 9.17) is 4.99 Å². The van der Waals surface area contributed by atoms with Crippen LogP contribution < -0.4 is 10.2 Å². The second kappa shape index (κ2) is 8.89. The summed E-state index contributed by atoms with van der Waals surface area (Å²) >= 11 is 1.65. The van der Waals surface area contributed by atoms with Crippen molar-refractivity contribution in [1.29, 1.82) is 0 Å². The van der Waals surface area contributed by atoms with Crippen LogP contribution >= 0.6 is 11.3 Å². The number of rotatable bonds is 4. The molecule has 138 valence electrons. The number of nitrogens with zero attached hydrogens (tertiary/aromatic N) is 5. The fraction of sp³-hybridized carbons (Fsp3) is 0.474. The lowest BCUT2D eigenvalue weighted by molar-refractivity contribution is 0.561. The summed E-state index contributed by atoms with van der Waals surface area (Å²) in [5, 5.41) is 9.33. The second-order valence-corrected chi connectivity index (χ2v) is 7.46. The summed E-state index contributed by atoms with van der Waals surface area (Å²) < 4.78 is 1.90. The first-order valence-corrected chi connectivity index (χ1v) is 9.90. The first-order valence-electron chi connectivity index (χ1n) is 9.08. The Morgan fingerprint density at radius 1 is 1.19 bits per heavy atom. The number of amidine groups is 1. The third-order valence-electron chi connectivity index (χ3n) is 4.64. The SMILES string of the molecule is C=NNC(=NC)c1ccc(-c2nn(C)c(=NC3CCCCCC3)s2)cc1. The number of hydrazone groups is 1. The third-order valence-corrected chi connectivity index (χ3v) is 5.70. The molecular weight excluding hydrogens is 344 g/mol. The monoisotopic (exact) mass is 370 g/mol. The number of benzene rings is 1. The van der Waals surface area contributed by atoms with Crippen LogP contribution in [0.1, 0.15) is 44.1 Å². The highest BCUT2D eigenvalue weighted by Crippen LogP contribution is 2.22. The lowest BCUT2D eigenvalue weighted by Crippen LogP contribution is -2.18. The van der Waals surface area contributed by atoms with E-state index >= 15 is 0 Å². The topological polar surface area (TPSA) is 66.9 Å². The van der Waals surface area contributed by atoms with E-state index in [0.29, 0.717) is 11.9 Å². The molecule has 6 nitrogen and oxygen atoms in total. The average molecular weight is 371 g/mol. The number of aromatic nitrogens is 2. The molecule has 1 heterocycles. The quantitative estimate of drug-likeness (QED) is 0.388. The zero-order valence-corrected chi connectivity index (χ0v) is 16.3. The molecule has 1 aromatic carbocycles. The maximum Gasteiger partial charge on any atom is 0.203 e. The molecular formula is C19H26N6S. The number of hydrogen-bond donors (Lipinski definition) is 1. The van der Waals surface area contributed by atoms with Gasteiger partial charge in [0.15, 0.2) is 0 Å². The molecule has 1 aromatic heterocycles. The largest absolute Gasteiger partial charge is 0.270 e. The van der Waals surface area contributed by atoms with Crippen molar-refractivity contribution in [3.05, 3.63) is 34.6 Å². The van der Waals surface area contributed by atoms with Crippen molar-refractivity contribution >= 4 is 23.9 Å². The van der Waals surface area contributed by atoms with Crippen molar-refractivity contribution in [2.24, 2.45) is 22.1 Å². The van der Waals surface area contributed by atoms with Gasteiger partial charge in [0.05, 0.1) is 6.04 Å². The highest BCUT2D eigenvalue weighted by atomic mass is 32.1. The van der Waals surface area contributed by atoms with Crippen LogP contribution in [-0.4, -0.2) is 35.4 Å². The van der Waals surface area contributed by atoms with Gasteiger partial charge >= 0.3 is 0 Å². The summed E-state index contributed by atoms with van der Waals surface area (Å²) in [6.45, 7) is 3.44. The van der Waals surface area contributed by atoms with Gasteiger partial charge in [0.1, 0.15) is 10.8 Å². The summed E-state index contributed by atoms with van der Waals surface area (Å²) in [5.41, 5.74) is 4.85. The third kappa shape index (κ3) is 4.46. The van der Waals surface area contributed by atoms with Crippen molar-refractivity contribution in [3.63, 3.8) is 0 Å². The zero-order valence-electron chi connectivity index (χ0n) is 15.5. The van der Waals surface area contributed by atoms with E-state index in [1.54, 1.807) is 18.4 Å². The van der Waals surface area contributed by atoms with Crippen LogP contribution in [0.2, 0.25) is 0 Å². The Hall–Kier alpha value is -2.28. The molecule has 0 unspecified atom stereocenters. The number of aliphatic imine (C=N–C) groups is 1. The second-order valence-electron chi connectivity index (χ2n) is 6.51. The summed E-state index contributed by atoms with van der Waals surface area (Å²) in [6, 6.07) is 8.58. The van der Waals surface area contributed by atoms with Gasteiger partial charge in [0.2, 0.25) is 4.80 Å². The molecule has 0 aliphatic heterocycles. The fourth-order valence-corrected chi connectivity index (χ4v) is 4.18. The number of aryl methyl sites for hydroxylation is 1. The molecule has 26 heavy (non-hydrogen) atoms. The maximum atomic E-state index is 4.98. The lowest BCUT2D eigenvalue weighted by atomic mass is 10.1. The summed E-state index contributed by atoms with van der Waals surface area (Å²) in [6.07, 6.45) is 7.67. The molecule has 1 N–H and O–H groups in total. The van der Waals surface area contributed by atoms with Gasteiger partial charge in [0.25, 0.3) is 0 Å². The van der Waals surface area contributed by atoms with Crippen molar-refractivity contribution in [2.45, 2.75) is 44.6 Å². The van der Waals surface area contributed by atoms with Crippen molar-refractivity contribution in [3.8, 4) is 10.6 Å². The average Bonchev–Trinajstić information content (AvgIpc) is 2.85. The Bertz CT molecular complexity index is 822. The molecule has 1 aliphatic carbocycles. The van der Waals surface area contributed by atoms with Crippen LogP contribution in [0.4, 0.5) is 0 Å². The van der Waals surface area contributed by atoms with Gasteiger partial charge in [-0.3, -0.25) is 15.4 Å². The van der Waals surface area contributed by atoms with Gasteiger partial charge in [-0.15, -0.1) is 0 Å². The molecule has 0 amide bonds. The highest BCUT2D eigenvalue weighted by Gasteiger charge is 2.12. The predicted molar refractivity (Wildman–Crippen MR) is 109 cm³/mol. The molecule has 1 saturated carbocycles. The lowest BCUT2D eigenvalue weighted by Gasteiger charge is -2.06. The van der Waals surface area contributed by atoms with E-state index in [-0.39, 0.29) is 0 Å². The van der Waals surface area contributed by atoms with E-state index in [9.17, 15) is 0 Å². The van der Waals surface area contributed by atoms with Crippen molar-refractivity contribution in [1.82, 2.24) is 15.2 Å². The van der Waals surface area contributed by atoms with E-state index < -0.39 is 0 Å². The molecule has 0 radical (unpaired) electrons. The van der Waals surface area contributed by atoms with Gasteiger partial charge in [-0.25, -0.2) is 4.68 Å². The smallest absolute Gasteiger partial charge is 0.203 e. The van der Waals surface area contributed by atoms with Crippen LogP contribution in [0.3, 0.4) is 0 Å². The van der Waals surface area contributed by atoms with Crippen LogP contribution in [0.25, 0.3) is 10.6 Å². The standard InChI is InChI=1S/C19H26N6S/c1-20-17(23-21-2)14-10-12-15(13-11-14)18-24-25(3)19(26-18)22-16-8-6-4-5-7-9-16/h10-13,16H,2,4-9H2,1,3H3,(H,20,23). The fourth-order valence-electron chi connectivity index (χ4n) is 3.21. The molecule has 0 bridgehead atoms. The molecule has 1 fully saturated rings. The zero-order chi connectivity index (χ0) is 18.4. The Kier molecular flexibility index (Phi) is 6.33. The molecule has 2 aromatic rings. The van der Waals surface area contributed by atoms with Crippen LogP contribution in [0.5, 0.6) is 0 Å². The van der Waals surface area contributed by atoms with Crippen LogP contribution in [0.15, 0.2) is 39.4 Å². The highest BCUT2D eigenvalue weighted by molar-refractivity contribution is 7.12. The molecule has 7 heteroatoms. The minimum Gasteiger partial charge on any atom is -0.270 e. The van der Waals surface area contributed by atoms with E-state index in [1.807, 2.05) is 23.9 Å². The normalized spacial score (nSPS) is 17.2. The van der Waals surface area contributed by atoms with Gasteiger partial charge in [-0.2, -0.15) is 10.2 Å². The molecule has 0 saturated heterocycles. The Labute approximate surface area is 158 Å². The van der Waals surface area contributed by atoms with Crippen LogP contribution in [0, 0.1) is 0 Å². The van der Waals surface area contributed by atoms with E-state index in [0.717, 1.165) is 20.9 Å². The predicted octanol–water partition coefficient (Wildman–Crippen LogP) is 3.35. The minimum absolute atomic E-state index is 0.445. The molecule has 3 rings (SSSR count). The van der Waals surface area contributed by atoms with E-state index in [2.05, 4.69) is 39.5 Å². The summed E-state index contributed by atoms with van der Waals surface area (Å²) in [7, 11) is 3.70. The van der Waals surface area contributed by atoms with Gasteiger partial charge in [-0.1, -0.05) is 61.3 Å². The van der Waals surface area contributed by atoms with Crippen molar-refractivity contribution in [2.75, 3.05) is 7.05 Å².